The van der Waals surface area contributed by atoms with Gasteiger partial charge in [-0.15, -0.1) is 11.3 Å². The maximum Gasteiger partial charge on any atom is 0.305 e. The quantitative estimate of drug-likeness (QED) is 0.794. The van der Waals surface area contributed by atoms with Crippen LogP contribution >= 0.6 is 11.3 Å². The lowest BCUT2D eigenvalue weighted by Gasteiger charge is -2.28. The molecular weight excluding hydrogens is 310 g/mol. The Bertz CT molecular complexity index is 768. The van der Waals surface area contributed by atoms with E-state index in [9.17, 15) is 14.4 Å². The number of thiazole rings is 1. The molecule has 2 N–H and O–H groups in total. The zero-order chi connectivity index (χ0) is 16.3. The summed E-state index contributed by atoms with van der Waals surface area (Å²) < 4.78 is 6.23. The number of carbonyl (C=O) groups is 2. The molecule has 9 heteroatoms. The number of methoxy groups -OCH3 is 1. The number of carboxylic acids is 1. The molecule has 0 fully saturated rings. The molecule has 0 aliphatic heterocycles. The number of aromatic nitrogens is 2. The molecule has 22 heavy (non-hydrogen) atoms. The highest BCUT2D eigenvalue weighted by atomic mass is 32.1. The fraction of sp³-hybridized carbons (Fsp3) is 0.385. The van der Waals surface area contributed by atoms with Gasteiger partial charge < -0.3 is 15.2 Å². The van der Waals surface area contributed by atoms with Crippen molar-refractivity contribution in [1.82, 2.24) is 14.7 Å². The van der Waals surface area contributed by atoms with Gasteiger partial charge in [0.25, 0.3) is 11.5 Å². The lowest BCUT2D eigenvalue weighted by Crippen LogP contribution is -2.51. The lowest BCUT2D eigenvalue weighted by atomic mass is 9.98. The van der Waals surface area contributed by atoms with Gasteiger partial charge in [0.2, 0.25) is 0 Å². The molecule has 118 valence electrons. The van der Waals surface area contributed by atoms with Gasteiger partial charge in [-0.05, 0) is 6.92 Å². The summed E-state index contributed by atoms with van der Waals surface area (Å²) in [5.41, 5.74) is -1.78. The predicted molar refractivity (Wildman–Crippen MR) is 79.3 cm³/mol. The first-order valence-corrected chi connectivity index (χ1v) is 7.22. The van der Waals surface area contributed by atoms with E-state index in [4.69, 9.17) is 9.84 Å². The summed E-state index contributed by atoms with van der Waals surface area (Å²) in [5, 5.41) is 13.2. The number of fused-ring (bicyclic) bond motifs is 1. The molecule has 8 nitrogen and oxygen atoms in total. The Kier molecular flexibility index (Phi) is 4.57. The summed E-state index contributed by atoms with van der Waals surface area (Å²) in [6.45, 7) is 1.54. The maximum atomic E-state index is 12.3. The van der Waals surface area contributed by atoms with E-state index in [1.54, 1.807) is 5.38 Å². The van der Waals surface area contributed by atoms with E-state index in [0.29, 0.717) is 4.96 Å². The summed E-state index contributed by atoms with van der Waals surface area (Å²) in [6.07, 6.45) is 2.39. The number of carboxylic acid groups (broad SMARTS) is 1. The fourth-order valence-corrected chi connectivity index (χ4v) is 2.78. The first kappa shape index (κ1) is 16.1. The van der Waals surface area contributed by atoms with Crippen molar-refractivity contribution < 1.29 is 19.4 Å². The zero-order valence-corrected chi connectivity index (χ0v) is 12.8. The molecule has 0 bridgehead atoms. The van der Waals surface area contributed by atoms with Crippen molar-refractivity contribution in [2.45, 2.75) is 18.9 Å². The number of amides is 1. The van der Waals surface area contributed by atoms with E-state index in [1.807, 2.05) is 0 Å². The van der Waals surface area contributed by atoms with Gasteiger partial charge in [-0.25, -0.2) is 4.98 Å². The molecule has 2 aromatic rings. The molecule has 2 aromatic heterocycles. The van der Waals surface area contributed by atoms with E-state index in [2.05, 4.69) is 10.3 Å². The maximum absolute atomic E-state index is 12.3. The van der Waals surface area contributed by atoms with Gasteiger partial charge >= 0.3 is 5.97 Å². The first-order chi connectivity index (χ1) is 10.4. The topological polar surface area (TPSA) is 110 Å². The van der Waals surface area contributed by atoms with E-state index in [0.717, 1.165) is 0 Å². The number of carbonyl (C=O) groups excluding carboxylic acids is 1. The number of rotatable bonds is 6. The number of ether oxygens (including phenoxy) is 1. The molecule has 0 saturated carbocycles. The molecule has 0 aromatic carbocycles. The molecule has 0 saturated heterocycles. The van der Waals surface area contributed by atoms with Gasteiger partial charge in [0.1, 0.15) is 5.56 Å². The van der Waals surface area contributed by atoms with Crippen LogP contribution in [-0.4, -0.2) is 45.6 Å². The molecule has 1 unspecified atom stereocenters. The fourth-order valence-electron chi connectivity index (χ4n) is 2.11. The van der Waals surface area contributed by atoms with Crippen LogP contribution in [0.3, 0.4) is 0 Å². The lowest BCUT2D eigenvalue weighted by molar-refractivity contribution is -0.139. The summed E-state index contributed by atoms with van der Waals surface area (Å²) in [4.78, 5) is 40.0. The highest BCUT2D eigenvalue weighted by Gasteiger charge is 2.31. The van der Waals surface area contributed by atoms with Gasteiger partial charge in [0, 0.05) is 24.9 Å². The van der Waals surface area contributed by atoms with Gasteiger partial charge in [0.15, 0.2) is 4.96 Å². The molecule has 2 heterocycles. The Morgan fingerprint density at radius 3 is 2.91 bits per heavy atom. The van der Waals surface area contributed by atoms with Crippen molar-refractivity contribution in [3.8, 4) is 0 Å². The molecule has 1 atom stereocenters. The van der Waals surface area contributed by atoms with Gasteiger partial charge in [-0.1, -0.05) is 0 Å². The third kappa shape index (κ3) is 3.31. The van der Waals surface area contributed by atoms with Crippen molar-refractivity contribution in [2.24, 2.45) is 0 Å². The number of aliphatic carboxylic acids is 1. The number of hydrogen-bond donors (Lipinski definition) is 2. The summed E-state index contributed by atoms with van der Waals surface area (Å²) >= 11 is 1.27. The van der Waals surface area contributed by atoms with Gasteiger partial charge in [-0.3, -0.25) is 18.8 Å². The Balaban J connectivity index is 2.30. The molecule has 2 rings (SSSR count). The van der Waals surface area contributed by atoms with Crippen molar-refractivity contribution in [3.05, 3.63) is 33.7 Å². The highest BCUT2D eigenvalue weighted by molar-refractivity contribution is 7.15. The number of hydrogen-bond acceptors (Lipinski definition) is 6. The summed E-state index contributed by atoms with van der Waals surface area (Å²) in [7, 11) is 1.40. The molecular formula is C13H15N3O5S. The zero-order valence-electron chi connectivity index (χ0n) is 12.0. The van der Waals surface area contributed by atoms with Crippen LogP contribution in [0.4, 0.5) is 0 Å². The Morgan fingerprint density at radius 2 is 2.27 bits per heavy atom. The highest BCUT2D eigenvalue weighted by Crippen LogP contribution is 2.12. The van der Waals surface area contributed by atoms with Crippen LogP contribution < -0.4 is 10.9 Å². The molecule has 0 radical (unpaired) electrons. The third-order valence-electron chi connectivity index (χ3n) is 3.01. The second-order valence-corrected chi connectivity index (χ2v) is 5.92. The Morgan fingerprint density at radius 1 is 1.55 bits per heavy atom. The third-order valence-corrected chi connectivity index (χ3v) is 3.78. The Labute approximate surface area is 129 Å². The van der Waals surface area contributed by atoms with Crippen LogP contribution in [0.25, 0.3) is 4.96 Å². The minimum atomic E-state index is -1.13. The van der Waals surface area contributed by atoms with Crippen molar-refractivity contribution in [1.29, 1.82) is 0 Å². The summed E-state index contributed by atoms with van der Waals surface area (Å²) in [5.74, 6) is -1.76. The van der Waals surface area contributed by atoms with E-state index in [-0.39, 0.29) is 18.6 Å². The van der Waals surface area contributed by atoms with Crippen LogP contribution in [0, 0.1) is 0 Å². The second kappa shape index (κ2) is 6.24. The molecule has 0 aliphatic rings. The summed E-state index contributed by atoms with van der Waals surface area (Å²) in [6, 6.07) is 0. The second-order valence-electron chi connectivity index (χ2n) is 5.05. The largest absolute Gasteiger partial charge is 0.481 e. The average Bonchev–Trinajstić information content (AvgIpc) is 2.86. The SMILES string of the molecule is COCC(C)(CC(=O)O)NC(=O)c1cnc2sccn2c1=O. The molecule has 1 amide bonds. The smallest absolute Gasteiger partial charge is 0.305 e. The van der Waals surface area contributed by atoms with Crippen molar-refractivity contribution in [2.75, 3.05) is 13.7 Å². The molecule has 0 spiro atoms. The monoisotopic (exact) mass is 325 g/mol. The van der Waals surface area contributed by atoms with Crippen LogP contribution in [0.1, 0.15) is 23.7 Å². The van der Waals surface area contributed by atoms with Gasteiger partial charge in [0.05, 0.1) is 18.6 Å². The Hall–Kier alpha value is -2.26. The van der Waals surface area contributed by atoms with E-state index < -0.39 is 23.0 Å². The van der Waals surface area contributed by atoms with Gasteiger partial charge in [-0.2, -0.15) is 0 Å². The average molecular weight is 325 g/mol. The van der Waals surface area contributed by atoms with E-state index >= 15 is 0 Å². The van der Waals surface area contributed by atoms with Crippen LogP contribution in [0.15, 0.2) is 22.6 Å². The first-order valence-electron chi connectivity index (χ1n) is 6.34. The predicted octanol–water partition coefficient (Wildman–Crippen LogP) is 0.366. The number of nitrogens with one attached hydrogen (secondary N) is 1. The normalized spacial score (nSPS) is 13.7. The minimum absolute atomic E-state index is 0.000493. The van der Waals surface area contributed by atoms with Crippen molar-refractivity contribution >= 4 is 28.2 Å². The van der Waals surface area contributed by atoms with Crippen LogP contribution in [-0.2, 0) is 9.53 Å². The molecule has 0 aliphatic carbocycles. The number of nitrogens with zero attached hydrogens (tertiary/aromatic N) is 2. The minimum Gasteiger partial charge on any atom is -0.481 e. The van der Waals surface area contributed by atoms with Crippen molar-refractivity contribution in [3.63, 3.8) is 0 Å². The van der Waals surface area contributed by atoms with Crippen LogP contribution in [0.5, 0.6) is 0 Å². The van der Waals surface area contributed by atoms with E-state index in [1.165, 1.54) is 42.2 Å². The standard InChI is InChI=1S/C13H15N3O5S/c1-13(7-21-2,5-9(17)18)15-10(19)8-6-14-12-16(11(8)20)3-4-22-12/h3-4,6H,5,7H2,1-2H3,(H,15,19)(H,17,18). The van der Waals surface area contributed by atoms with Crippen LogP contribution in [0.2, 0.25) is 0 Å².